The van der Waals surface area contributed by atoms with Crippen molar-refractivity contribution in [1.29, 1.82) is 0 Å². The van der Waals surface area contributed by atoms with Gasteiger partial charge in [0.15, 0.2) is 5.76 Å². The number of aryl methyl sites for hydroxylation is 1. The Morgan fingerprint density at radius 1 is 1.11 bits per heavy atom. The summed E-state index contributed by atoms with van der Waals surface area (Å²) in [6.07, 6.45) is 0. The molecule has 0 saturated heterocycles. The third kappa shape index (κ3) is 1.40. The summed E-state index contributed by atoms with van der Waals surface area (Å²) < 4.78 is 5.75. The van der Waals surface area contributed by atoms with Gasteiger partial charge in [-0.1, -0.05) is 36.4 Å². The lowest BCUT2D eigenvalue weighted by atomic mass is 10.1. The topological polar surface area (TPSA) is 42.2 Å². The summed E-state index contributed by atoms with van der Waals surface area (Å²) in [4.78, 5) is 11.7. The predicted molar refractivity (Wildman–Crippen MR) is 71.8 cm³/mol. The maximum absolute atomic E-state index is 11.7. The Kier molecular flexibility index (Phi) is 2.33. The maximum atomic E-state index is 11.7. The number of rotatable bonds is 1. The third-order valence-corrected chi connectivity index (χ3v) is 3.26. The van der Waals surface area contributed by atoms with Crippen molar-refractivity contribution in [3.8, 4) is 0 Å². The fourth-order valence-corrected chi connectivity index (χ4v) is 2.28. The number of benzene rings is 2. The lowest BCUT2D eigenvalue weighted by molar-refractivity contribution is 0.0937. The first-order valence-electron chi connectivity index (χ1n) is 5.85. The van der Waals surface area contributed by atoms with E-state index in [0.717, 1.165) is 27.3 Å². The Morgan fingerprint density at radius 3 is 2.67 bits per heavy atom. The number of furan rings is 1. The average molecular weight is 239 g/mol. The highest BCUT2D eigenvalue weighted by atomic mass is 16.3. The molecule has 1 amide bonds. The number of fused-ring (bicyclic) bond motifs is 3. The molecule has 1 aromatic heterocycles. The normalized spacial score (nSPS) is 11.0. The van der Waals surface area contributed by atoms with Crippen molar-refractivity contribution < 1.29 is 9.21 Å². The van der Waals surface area contributed by atoms with Crippen molar-refractivity contribution in [2.45, 2.75) is 6.92 Å². The predicted octanol–water partition coefficient (Wildman–Crippen LogP) is 3.25. The molecule has 0 radical (unpaired) electrons. The molecule has 3 nitrogen and oxygen atoms in total. The van der Waals surface area contributed by atoms with E-state index in [1.165, 1.54) is 0 Å². The van der Waals surface area contributed by atoms with Crippen molar-refractivity contribution in [3.05, 3.63) is 47.7 Å². The summed E-state index contributed by atoms with van der Waals surface area (Å²) in [5.41, 5.74) is 1.67. The number of hydrogen-bond acceptors (Lipinski definition) is 2. The number of carbonyl (C=O) groups excluding carboxylic acids is 1. The second-order valence-electron chi connectivity index (χ2n) is 4.30. The van der Waals surface area contributed by atoms with Gasteiger partial charge in [0, 0.05) is 23.4 Å². The first-order chi connectivity index (χ1) is 8.72. The van der Waals surface area contributed by atoms with Gasteiger partial charge in [-0.15, -0.1) is 0 Å². The summed E-state index contributed by atoms with van der Waals surface area (Å²) in [6, 6.07) is 12.1. The first kappa shape index (κ1) is 10.8. The molecule has 3 aromatic rings. The zero-order chi connectivity index (χ0) is 12.7. The molecular weight excluding hydrogens is 226 g/mol. The maximum Gasteiger partial charge on any atom is 0.287 e. The van der Waals surface area contributed by atoms with Gasteiger partial charge in [0.2, 0.25) is 0 Å². The molecule has 18 heavy (non-hydrogen) atoms. The van der Waals surface area contributed by atoms with Gasteiger partial charge < -0.3 is 9.73 Å². The summed E-state index contributed by atoms with van der Waals surface area (Å²) in [5, 5.41) is 5.74. The molecule has 0 saturated carbocycles. The van der Waals surface area contributed by atoms with Crippen molar-refractivity contribution >= 4 is 27.6 Å². The van der Waals surface area contributed by atoms with Gasteiger partial charge in [0.1, 0.15) is 5.58 Å². The van der Waals surface area contributed by atoms with E-state index in [0.29, 0.717) is 5.76 Å². The monoisotopic (exact) mass is 239 g/mol. The van der Waals surface area contributed by atoms with Crippen LogP contribution in [0.4, 0.5) is 0 Å². The Balaban J connectivity index is 2.42. The SMILES string of the molecule is CNC(=O)c1oc2c(ccc3ccccc32)c1C. The van der Waals surface area contributed by atoms with E-state index in [1.54, 1.807) is 7.05 Å². The fourth-order valence-electron chi connectivity index (χ4n) is 2.28. The molecule has 0 aliphatic rings. The number of amides is 1. The lowest BCUT2D eigenvalue weighted by Gasteiger charge is -1.97. The minimum atomic E-state index is -0.187. The smallest absolute Gasteiger partial charge is 0.287 e. The molecule has 0 aliphatic carbocycles. The van der Waals surface area contributed by atoms with Gasteiger partial charge in [-0.05, 0) is 12.3 Å². The van der Waals surface area contributed by atoms with Crippen LogP contribution < -0.4 is 5.32 Å². The van der Waals surface area contributed by atoms with Gasteiger partial charge in [-0.3, -0.25) is 4.79 Å². The largest absolute Gasteiger partial charge is 0.450 e. The first-order valence-corrected chi connectivity index (χ1v) is 5.85. The van der Waals surface area contributed by atoms with Gasteiger partial charge in [0.25, 0.3) is 5.91 Å². The molecule has 0 unspecified atom stereocenters. The van der Waals surface area contributed by atoms with Crippen LogP contribution >= 0.6 is 0 Å². The highest BCUT2D eigenvalue weighted by molar-refractivity contribution is 6.08. The molecule has 0 aliphatic heterocycles. The molecule has 3 heteroatoms. The zero-order valence-electron chi connectivity index (χ0n) is 10.3. The minimum Gasteiger partial charge on any atom is -0.450 e. The van der Waals surface area contributed by atoms with E-state index in [2.05, 4.69) is 5.32 Å². The van der Waals surface area contributed by atoms with E-state index >= 15 is 0 Å². The molecule has 1 heterocycles. The molecule has 0 spiro atoms. The van der Waals surface area contributed by atoms with E-state index < -0.39 is 0 Å². The molecular formula is C15H13NO2. The van der Waals surface area contributed by atoms with Gasteiger partial charge in [0.05, 0.1) is 0 Å². The molecule has 1 N–H and O–H groups in total. The molecule has 0 atom stereocenters. The van der Waals surface area contributed by atoms with E-state index in [4.69, 9.17) is 4.42 Å². The molecule has 0 fully saturated rings. The van der Waals surface area contributed by atoms with Gasteiger partial charge >= 0.3 is 0 Å². The van der Waals surface area contributed by atoms with Crippen molar-refractivity contribution in [2.24, 2.45) is 0 Å². The van der Waals surface area contributed by atoms with E-state index in [1.807, 2.05) is 43.3 Å². The molecule has 90 valence electrons. The lowest BCUT2D eigenvalue weighted by Crippen LogP contribution is -2.17. The van der Waals surface area contributed by atoms with Crippen LogP contribution in [0, 0.1) is 6.92 Å². The van der Waals surface area contributed by atoms with Crippen molar-refractivity contribution in [2.75, 3.05) is 7.05 Å². The second kappa shape index (κ2) is 3.88. The number of nitrogens with one attached hydrogen (secondary N) is 1. The zero-order valence-corrected chi connectivity index (χ0v) is 10.3. The number of carbonyl (C=O) groups is 1. The highest BCUT2D eigenvalue weighted by Gasteiger charge is 2.17. The van der Waals surface area contributed by atoms with Crippen molar-refractivity contribution in [3.63, 3.8) is 0 Å². The Morgan fingerprint density at radius 2 is 1.89 bits per heavy atom. The third-order valence-electron chi connectivity index (χ3n) is 3.26. The second-order valence-corrected chi connectivity index (χ2v) is 4.30. The quantitative estimate of drug-likeness (QED) is 0.708. The van der Waals surface area contributed by atoms with Crippen LogP contribution in [0.2, 0.25) is 0 Å². The van der Waals surface area contributed by atoms with Crippen LogP contribution in [0.1, 0.15) is 16.1 Å². The summed E-state index contributed by atoms with van der Waals surface area (Å²) in [7, 11) is 1.60. The standard InChI is InChI=1S/C15H13NO2/c1-9-11-8-7-10-5-3-4-6-12(10)14(11)18-13(9)15(17)16-2/h3-8H,1-2H3,(H,16,17). The van der Waals surface area contributed by atoms with E-state index in [-0.39, 0.29) is 5.91 Å². The van der Waals surface area contributed by atoms with Crippen LogP contribution in [-0.2, 0) is 0 Å². The molecule has 3 rings (SSSR count). The van der Waals surface area contributed by atoms with Crippen LogP contribution in [0.15, 0.2) is 40.8 Å². The van der Waals surface area contributed by atoms with Crippen LogP contribution in [-0.4, -0.2) is 13.0 Å². The highest BCUT2D eigenvalue weighted by Crippen LogP contribution is 2.31. The average Bonchev–Trinajstić information content (AvgIpc) is 2.76. The minimum absolute atomic E-state index is 0.187. The Labute approximate surface area is 104 Å². The van der Waals surface area contributed by atoms with Crippen LogP contribution in [0.3, 0.4) is 0 Å². The Hall–Kier alpha value is -2.29. The van der Waals surface area contributed by atoms with Gasteiger partial charge in [-0.25, -0.2) is 0 Å². The fraction of sp³-hybridized carbons (Fsp3) is 0.133. The summed E-state index contributed by atoms with van der Waals surface area (Å²) in [6.45, 7) is 1.91. The number of hydrogen-bond donors (Lipinski definition) is 1. The van der Waals surface area contributed by atoms with Gasteiger partial charge in [-0.2, -0.15) is 0 Å². The molecule has 2 aromatic carbocycles. The van der Waals surface area contributed by atoms with Crippen LogP contribution in [0.5, 0.6) is 0 Å². The summed E-state index contributed by atoms with van der Waals surface area (Å²) >= 11 is 0. The summed E-state index contributed by atoms with van der Waals surface area (Å²) in [5.74, 6) is 0.205. The Bertz CT molecular complexity index is 756. The van der Waals surface area contributed by atoms with Crippen molar-refractivity contribution in [1.82, 2.24) is 5.32 Å². The van der Waals surface area contributed by atoms with Crippen LogP contribution in [0.25, 0.3) is 21.7 Å². The molecule has 0 bridgehead atoms. The van der Waals surface area contributed by atoms with E-state index in [9.17, 15) is 4.79 Å².